The second kappa shape index (κ2) is 12.1. The molecule has 47 heavy (non-hydrogen) atoms. The molecule has 0 fully saturated rings. The van der Waals surface area contributed by atoms with E-state index in [2.05, 4.69) is 177 Å². The Bertz CT molecular complexity index is 2260. The molecule has 0 aromatic heterocycles. The van der Waals surface area contributed by atoms with E-state index in [1.807, 2.05) is 0 Å². The van der Waals surface area contributed by atoms with Crippen molar-refractivity contribution >= 4 is 48.8 Å². The van der Waals surface area contributed by atoms with Crippen LogP contribution in [0, 0.1) is 0 Å². The predicted octanol–water partition coefficient (Wildman–Crippen LogP) is 13.2. The lowest BCUT2D eigenvalue weighted by Crippen LogP contribution is -2.34. The number of hydrogen-bond donors (Lipinski definition) is 1. The number of benzene rings is 8. The van der Waals surface area contributed by atoms with Gasteiger partial charge < -0.3 is 5.32 Å². The Morgan fingerprint density at radius 3 is 1.32 bits per heavy atom. The van der Waals surface area contributed by atoms with Crippen molar-refractivity contribution in [3.63, 3.8) is 0 Å². The topological polar surface area (TPSA) is 12.0 Å². The lowest BCUT2D eigenvalue weighted by atomic mass is 9.81. The van der Waals surface area contributed by atoms with Crippen molar-refractivity contribution in [2.75, 3.05) is 5.32 Å². The first kappa shape index (κ1) is 29.0. The van der Waals surface area contributed by atoms with Crippen LogP contribution in [0.15, 0.2) is 158 Å². The van der Waals surface area contributed by atoms with Gasteiger partial charge in [-0.2, -0.15) is 0 Å². The Morgan fingerprint density at radius 1 is 0.447 bits per heavy atom. The van der Waals surface area contributed by atoms with Crippen molar-refractivity contribution in [1.29, 1.82) is 0 Å². The van der Waals surface area contributed by atoms with E-state index in [9.17, 15) is 0 Å². The zero-order valence-corrected chi connectivity index (χ0v) is 27.1. The zero-order chi connectivity index (χ0) is 31.8. The molecule has 0 bridgehead atoms. The van der Waals surface area contributed by atoms with Gasteiger partial charge in [0.2, 0.25) is 0 Å². The summed E-state index contributed by atoms with van der Waals surface area (Å²) in [6.45, 7) is 4.61. The zero-order valence-electron chi connectivity index (χ0n) is 27.1. The summed E-state index contributed by atoms with van der Waals surface area (Å²) in [5.41, 5.74) is 7.41. The lowest BCUT2D eigenvalue weighted by molar-refractivity contribution is 0.429. The van der Waals surface area contributed by atoms with Crippen LogP contribution in [-0.2, 0) is 5.54 Å². The molecule has 0 saturated heterocycles. The summed E-state index contributed by atoms with van der Waals surface area (Å²) in [5, 5.41) is 14.4. The minimum Gasteiger partial charge on any atom is -0.375 e. The molecule has 0 heterocycles. The fraction of sp³-hybridized carbons (Fsp3) is 0.130. The third-order valence-corrected chi connectivity index (χ3v) is 10.1. The molecular weight excluding hydrogens is 567 g/mol. The van der Waals surface area contributed by atoms with Gasteiger partial charge in [0.05, 0.1) is 11.2 Å². The monoisotopic (exact) mass is 605 g/mol. The maximum atomic E-state index is 4.16. The van der Waals surface area contributed by atoms with E-state index in [1.54, 1.807) is 0 Å². The molecular formula is C46H39N. The molecule has 1 nitrogen and oxygen atoms in total. The summed E-state index contributed by atoms with van der Waals surface area (Å²) in [4.78, 5) is 0. The Morgan fingerprint density at radius 2 is 0.851 bits per heavy atom. The molecule has 0 saturated carbocycles. The molecule has 8 aromatic carbocycles. The summed E-state index contributed by atoms with van der Waals surface area (Å²) < 4.78 is 0. The van der Waals surface area contributed by atoms with E-state index in [-0.39, 0.29) is 5.54 Å². The van der Waals surface area contributed by atoms with Gasteiger partial charge >= 0.3 is 0 Å². The Labute approximate surface area is 277 Å². The van der Waals surface area contributed by atoms with Crippen LogP contribution in [0.5, 0.6) is 0 Å². The van der Waals surface area contributed by atoms with Gasteiger partial charge in [0, 0.05) is 10.8 Å². The van der Waals surface area contributed by atoms with Crippen LogP contribution in [0.25, 0.3) is 65.3 Å². The van der Waals surface area contributed by atoms with Crippen LogP contribution in [0.2, 0.25) is 0 Å². The molecule has 0 amide bonds. The molecule has 0 spiro atoms. The fourth-order valence-electron chi connectivity index (χ4n) is 7.70. The summed E-state index contributed by atoms with van der Waals surface area (Å²) >= 11 is 0. The van der Waals surface area contributed by atoms with Crippen LogP contribution in [-0.4, -0.2) is 0 Å². The van der Waals surface area contributed by atoms with Gasteiger partial charge in [0.1, 0.15) is 0 Å². The SMILES string of the molecule is CCCC(CC)(Nc1c2ccccc2cc2ccccc12)c1ccc(-c2ccc(-c3c4ccccc4cc4ccccc34)cc2)cc1. The average Bonchev–Trinajstić information content (AvgIpc) is 3.13. The van der Waals surface area contributed by atoms with Gasteiger partial charge in [-0.1, -0.05) is 166 Å². The van der Waals surface area contributed by atoms with E-state index in [1.165, 1.54) is 76.6 Å². The van der Waals surface area contributed by atoms with E-state index in [4.69, 9.17) is 0 Å². The quantitative estimate of drug-likeness (QED) is 0.170. The molecule has 0 aliphatic heterocycles. The third-order valence-electron chi connectivity index (χ3n) is 10.1. The summed E-state index contributed by atoms with van der Waals surface area (Å²) in [5.74, 6) is 0. The van der Waals surface area contributed by atoms with Crippen molar-refractivity contribution in [2.45, 2.75) is 38.6 Å². The van der Waals surface area contributed by atoms with Gasteiger partial charge in [-0.3, -0.25) is 0 Å². The number of anilines is 1. The number of fused-ring (bicyclic) bond motifs is 4. The minimum absolute atomic E-state index is 0.181. The first-order valence-electron chi connectivity index (χ1n) is 17.0. The molecule has 8 rings (SSSR count). The second-order valence-corrected chi connectivity index (χ2v) is 12.9. The van der Waals surface area contributed by atoms with Crippen LogP contribution >= 0.6 is 0 Å². The summed E-state index contributed by atoms with van der Waals surface area (Å²) in [6, 6.07) is 58.0. The van der Waals surface area contributed by atoms with Crippen molar-refractivity contribution in [3.8, 4) is 22.3 Å². The second-order valence-electron chi connectivity index (χ2n) is 12.9. The van der Waals surface area contributed by atoms with E-state index >= 15 is 0 Å². The van der Waals surface area contributed by atoms with Gasteiger partial charge in [0.25, 0.3) is 0 Å². The predicted molar refractivity (Wildman–Crippen MR) is 204 cm³/mol. The Kier molecular flexibility index (Phi) is 7.46. The van der Waals surface area contributed by atoms with Crippen molar-refractivity contribution in [3.05, 3.63) is 163 Å². The highest BCUT2D eigenvalue weighted by molar-refractivity contribution is 6.13. The summed E-state index contributed by atoms with van der Waals surface area (Å²) in [6.07, 6.45) is 3.13. The molecule has 1 unspecified atom stereocenters. The molecule has 0 aliphatic carbocycles. The van der Waals surface area contributed by atoms with E-state index in [0.29, 0.717) is 0 Å². The molecule has 1 N–H and O–H groups in total. The standard InChI is InChI=1S/C46H39N/c1-3-29-46(4-2,47-45-42-19-11-7-15-37(42)31-38-16-8-12-20-43(38)45)39-27-25-33(26-28-39)32-21-23-34(24-22-32)44-40-17-9-5-13-35(40)30-36-14-6-10-18-41(36)44/h5-28,30-31,47H,3-4,29H2,1-2H3. The third kappa shape index (κ3) is 5.13. The lowest BCUT2D eigenvalue weighted by Gasteiger charge is -2.37. The maximum Gasteiger partial charge on any atom is 0.0622 e. The van der Waals surface area contributed by atoms with Crippen LogP contribution in [0.4, 0.5) is 5.69 Å². The highest BCUT2D eigenvalue weighted by atomic mass is 15.0. The first-order chi connectivity index (χ1) is 23.2. The maximum absolute atomic E-state index is 4.16. The normalized spacial score (nSPS) is 12.9. The van der Waals surface area contributed by atoms with Crippen molar-refractivity contribution in [2.24, 2.45) is 0 Å². The van der Waals surface area contributed by atoms with Crippen LogP contribution in [0.1, 0.15) is 38.7 Å². The molecule has 8 aromatic rings. The van der Waals surface area contributed by atoms with Gasteiger partial charge in [0.15, 0.2) is 0 Å². The van der Waals surface area contributed by atoms with Crippen LogP contribution in [0.3, 0.4) is 0 Å². The number of hydrogen-bond acceptors (Lipinski definition) is 1. The fourth-order valence-corrected chi connectivity index (χ4v) is 7.70. The van der Waals surface area contributed by atoms with Crippen molar-refractivity contribution < 1.29 is 0 Å². The molecule has 1 atom stereocenters. The van der Waals surface area contributed by atoms with Gasteiger partial charge in [-0.05, 0) is 85.1 Å². The van der Waals surface area contributed by atoms with Crippen molar-refractivity contribution in [1.82, 2.24) is 0 Å². The summed E-state index contributed by atoms with van der Waals surface area (Å²) in [7, 11) is 0. The highest BCUT2D eigenvalue weighted by Crippen LogP contribution is 2.42. The van der Waals surface area contributed by atoms with Gasteiger partial charge in [-0.25, -0.2) is 0 Å². The first-order valence-corrected chi connectivity index (χ1v) is 17.0. The Balaban J connectivity index is 1.16. The minimum atomic E-state index is -0.181. The number of rotatable bonds is 8. The average molecular weight is 606 g/mol. The molecule has 1 heteroatoms. The van der Waals surface area contributed by atoms with E-state index in [0.717, 1.165) is 19.3 Å². The van der Waals surface area contributed by atoms with Gasteiger partial charge in [-0.15, -0.1) is 0 Å². The highest BCUT2D eigenvalue weighted by Gasteiger charge is 2.30. The Hall–Kier alpha value is -5.40. The molecule has 0 radical (unpaired) electrons. The molecule has 0 aliphatic rings. The van der Waals surface area contributed by atoms with Crippen LogP contribution < -0.4 is 5.32 Å². The smallest absolute Gasteiger partial charge is 0.0622 e. The number of nitrogens with one attached hydrogen (secondary N) is 1. The molecule has 228 valence electrons. The van der Waals surface area contributed by atoms with E-state index < -0.39 is 0 Å². The largest absolute Gasteiger partial charge is 0.375 e.